The van der Waals surface area contributed by atoms with Crippen LogP contribution in [0.1, 0.15) is 94.1 Å². The predicted molar refractivity (Wildman–Crippen MR) is 273 cm³/mol. The van der Waals surface area contributed by atoms with Crippen molar-refractivity contribution >= 4 is 35.3 Å². The van der Waals surface area contributed by atoms with Gasteiger partial charge in [-0.1, -0.05) is 75.6 Å². The number of carbonyl (C=O) groups excluding carboxylic acids is 2. The zero-order valence-electron chi connectivity index (χ0n) is 37.4. The van der Waals surface area contributed by atoms with E-state index in [9.17, 15) is 29.4 Å². The number of benzene rings is 4. The molecule has 4 aromatic carbocycles. The molecule has 14 nitrogen and oxygen atoms in total. The van der Waals surface area contributed by atoms with E-state index in [-0.39, 0.29) is 51.2 Å². The number of nitrogens with zero attached hydrogens (tertiary/aromatic N) is 6. The Morgan fingerprint density at radius 3 is 1.39 bits per heavy atom. The molecule has 2 amide bonds. The van der Waals surface area contributed by atoms with E-state index in [0.29, 0.717) is 84.4 Å². The number of hydrogen-bond acceptors (Lipinski definition) is 12. The minimum Gasteiger partial charge on any atom is -0.502 e. The summed E-state index contributed by atoms with van der Waals surface area (Å²) in [5.41, 5.74) is 2.83. The van der Waals surface area contributed by atoms with Crippen LogP contribution in [0.2, 0.25) is 0 Å². The van der Waals surface area contributed by atoms with Gasteiger partial charge in [-0.3, -0.25) is 38.5 Å². The summed E-state index contributed by atoms with van der Waals surface area (Å²) in [6, 6.07) is 23.3. The van der Waals surface area contributed by atoms with Gasteiger partial charge in [-0.25, -0.2) is 8.78 Å². The Hall–Kier alpha value is -7.44. The largest absolute Gasteiger partial charge is 0.502 e. The fourth-order valence-electron chi connectivity index (χ4n) is 9.92. The molecule has 2 atom stereocenters. The number of halogens is 2. The van der Waals surface area contributed by atoms with Gasteiger partial charge in [0.2, 0.25) is 10.9 Å². The van der Waals surface area contributed by atoms with E-state index < -0.39 is 46.3 Å². The molecule has 6 aromatic rings. The summed E-state index contributed by atoms with van der Waals surface area (Å²) < 4.78 is 45.9. The molecule has 0 fully saturated rings. The molecule has 8 heterocycles. The molecule has 4 bridgehead atoms. The second-order valence-corrected chi connectivity index (χ2v) is 19.3. The molecule has 0 saturated heterocycles. The number of thioether (sulfide) groups is 2. The van der Waals surface area contributed by atoms with Crippen molar-refractivity contribution in [1.82, 2.24) is 19.2 Å². The molecule has 2 aromatic heterocycles. The molecule has 6 aliphatic heterocycles. The van der Waals surface area contributed by atoms with E-state index in [1.54, 1.807) is 45.5 Å². The van der Waals surface area contributed by atoms with Crippen LogP contribution in [0.25, 0.3) is 0 Å². The van der Waals surface area contributed by atoms with Gasteiger partial charge < -0.3 is 29.5 Å². The number of fused-ring (bicyclic) bond motifs is 14. The summed E-state index contributed by atoms with van der Waals surface area (Å²) >= 11 is 3.10. The fourth-order valence-corrected chi connectivity index (χ4v) is 12.2. The van der Waals surface area contributed by atoms with Crippen LogP contribution in [0, 0.1) is 11.6 Å². The van der Waals surface area contributed by atoms with Crippen molar-refractivity contribution in [3.8, 4) is 23.0 Å². The highest BCUT2D eigenvalue weighted by atomic mass is 32.2. The van der Waals surface area contributed by atoms with Gasteiger partial charge >= 0.3 is 0 Å². The van der Waals surface area contributed by atoms with Crippen LogP contribution in [0.15, 0.2) is 141 Å². The summed E-state index contributed by atoms with van der Waals surface area (Å²) in [5.74, 6) is -0.733. The first kappa shape index (κ1) is 49.5. The van der Waals surface area contributed by atoms with Crippen molar-refractivity contribution < 1.29 is 38.1 Å². The third-order valence-corrected chi connectivity index (χ3v) is 15.5. The number of amides is 2. The van der Waals surface area contributed by atoms with Crippen molar-refractivity contribution in [2.75, 3.05) is 49.7 Å². The summed E-state index contributed by atoms with van der Waals surface area (Å²) in [4.78, 5) is 56.6. The molecule has 0 radical (unpaired) electrons. The summed E-state index contributed by atoms with van der Waals surface area (Å²) in [7, 11) is 0. The quantitative estimate of drug-likeness (QED) is 0.140. The molecule has 0 spiro atoms. The highest BCUT2D eigenvalue weighted by Gasteiger charge is 2.42. The molecule has 6 aliphatic rings. The maximum atomic E-state index is 15.3. The van der Waals surface area contributed by atoms with Gasteiger partial charge in [0.15, 0.2) is 22.9 Å². The van der Waals surface area contributed by atoms with Crippen LogP contribution in [-0.2, 0) is 11.5 Å². The Morgan fingerprint density at radius 2 is 0.958 bits per heavy atom. The normalized spacial score (nSPS) is 19.2. The van der Waals surface area contributed by atoms with E-state index in [2.05, 4.69) is 0 Å². The number of rotatable bonds is 0. The van der Waals surface area contributed by atoms with Crippen LogP contribution in [0.5, 0.6) is 23.0 Å². The van der Waals surface area contributed by atoms with Crippen LogP contribution < -0.4 is 30.3 Å². The first-order chi connectivity index (χ1) is 34.1. The first-order valence-corrected chi connectivity index (χ1v) is 24.7. The van der Waals surface area contributed by atoms with Gasteiger partial charge in [-0.15, -0.1) is 23.5 Å². The Balaban J connectivity index is 0.000000173. The standard InChI is InChI=1S/2C26H22FN3O4S.2CH4/c2*27-18-8-9-20-22-17(18)14-35-21-7-3-2-6-16(21)23(22)30-15-28(11-4-1-5-13-34-20)26(33)24-25(32)19(31)10-12-29(24)30;;/h2*1-3,5-10,12,23,32H,4,11,13-15H2;2*1H4/b2*5-1-;;/t2*23-;;/m10../s1. The Labute approximate surface area is 422 Å². The van der Waals surface area contributed by atoms with Gasteiger partial charge in [0.25, 0.3) is 11.8 Å². The van der Waals surface area contributed by atoms with E-state index >= 15 is 8.78 Å². The topological polar surface area (TPSA) is 150 Å². The number of ether oxygens (including phenoxy) is 2. The van der Waals surface area contributed by atoms with E-state index in [1.165, 1.54) is 46.0 Å². The van der Waals surface area contributed by atoms with Crippen LogP contribution in [-0.4, -0.2) is 80.8 Å². The zero-order chi connectivity index (χ0) is 48.2. The Morgan fingerprint density at radius 1 is 0.542 bits per heavy atom. The second kappa shape index (κ2) is 20.4. The first-order valence-electron chi connectivity index (χ1n) is 22.7. The van der Waals surface area contributed by atoms with Gasteiger partial charge in [-0.2, -0.15) is 0 Å². The maximum absolute atomic E-state index is 15.3. The molecule has 0 aliphatic carbocycles. The lowest BCUT2D eigenvalue weighted by atomic mass is 9.93. The van der Waals surface area contributed by atoms with Gasteiger partial charge in [-0.05, 0) is 60.4 Å². The molecule has 18 heteroatoms. The number of aromatic hydroxyl groups is 2. The van der Waals surface area contributed by atoms with Gasteiger partial charge in [0, 0.05) is 81.2 Å². The molecule has 72 heavy (non-hydrogen) atoms. The van der Waals surface area contributed by atoms with Crippen molar-refractivity contribution in [1.29, 1.82) is 0 Å². The van der Waals surface area contributed by atoms with E-state index in [0.717, 1.165) is 20.9 Å². The minimum atomic E-state index is -0.625. The molecule has 12 rings (SSSR count). The van der Waals surface area contributed by atoms with Crippen LogP contribution in [0.4, 0.5) is 8.78 Å². The van der Waals surface area contributed by atoms with Gasteiger partial charge in [0.05, 0.1) is 0 Å². The van der Waals surface area contributed by atoms with Crippen molar-refractivity contribution in [3.05, 3.63) is 198 Å². The minimum absolute atomic E-state index is 0. The smallest absolute Gasteiger partial charge is 0.277 e. The van der Waals surface area contributed by atoms with E-state index in [4.69, 9.17) is 9.47 Å². The highest BCUT2D eigenvalue weighted by Crippen LogP contribution is 2.49. The molecule has 372 valence electrons. The van der Waals surface area contributed by atoms with Crippen LogP contribution >= 0.6 is 23.5 Å². The lowest BCUT2D eigenvalue weighted by Crippen LogP contribution is -2.55. The van der Waals surface area contributed by atoms with E-state index in [1.807, 2.05) is 82.9 Å². The fraction of sp³-hybridized carbons (Fsp3) is 0.259. The third kappa shape index (κ3) is 8.55. The average molecular weight is 1020 g/mol. The molecular formula is C54H52F2N6O8S2. The zero-order valence-corrected chi connectivity index (χ0v) is 39.0. The van der Waals surface area contributed by atoms with Gasteiger partial charge in [0.1, 0.15) is 61.8 Å². The predicted octanol–water partition coefficient (Wildman–Crippen LogP) is 8.83. The number of carbonyl (C=O) groups is 2. The summed E-state index contributed by atoms with van der Waals surface area (Å²) in [6.07, 6.45) is 11.8. The highest BCUT2D eigenvalue weighted by molar-refractivity contribution is 7.98. The number of pyridine rings is 2. The molecule has 0 saturated carbocycles. The average Bonchev–Trinajstić information content (AvgIpc) is 3.65. The molecular weight excluding hydrogens is 963 g/mol. The SMILES string of the molecule is C.C.O=C1c2c(O)c(=O)ccn2N2CN1CC/C=C\COc1ccc(F)c3c1[C@@H]2c1ccccc1SC3.O=C1c2c(O)c(=O)ccn2N2CN1CC/C=C\COc1ccc(F)c3c1[C@H]2c1ccccc1SC3. The Kier molecular flexibility index (Phi) is 14.0. The number of hydrogen-bond donors (Lipinski definition) is 2. The third-order valence-electron chi connectivity index (χ3n) is 13.2. The van der Waals surface area contributed by atoms with Crippen molar-refractivity contribution in [2.45, 2.75) is 61.1 Å². The summed E-state index contributed by atoms with van der Waals surface area (Å²) in [5, 5.41) is 25.1. The lowest BCUT2D eigenvalue weighted by molar-refractivity contribution is 0.0674. The van der Waals surface area contributed by atoms with Crippen molar-refractivity contribution in [2.24, 2.45) is 0 Å². The summed E-state index contributed by atoms with van der Waals surface area (Å²) in [6.45, 7) is 1.78. The van der Waals surface area contributed by atoms with Crippen LogP contribution in [0.3, 0.4) is 0 Å². The maximum Gasteiger partial charge on any atom is 0.277 e. The molecule has 2 N–H and O–H groups in total. The monoisotopic (exact) mass is 1010 g/mol. The second-order valence-electron chi connectivity index (χ2n) is 17.2. The number of aromatic nitrogens is 2. The lowest BCUT2D eigenvalue weighted by Gasteiger charge is -2.44. The van der Waals surface area contributed by atoms with Crippen molar-refractivity contribution in [3.63, 3.8) is 0 Å². The molecule has 0 unspecified atom stereocenters. The Bertz CT molecular complexity index is 3090.